The summed E-state index contributed by atoms with van der Waals surface area (Å²) < 4.78 is 195. The molecule has 0 fully saturated rings. The molecule has 0 spiro atoms. The SMILES string of the molecule is Cc1cc(C)c(N=C([N-]C(=Nc2c(C)cc(C)cc2C)C(F)(F)C(F)(F)C(F)(F)F)C(F)(F)C(F)(F)C(F)(F)F)c(C)c1. The summed E-state index contributed by atoms with van der Waals surface area (Å²) in [5.74, 6) is -33.9. The molecule has 2 aromatic rings. The van der Waals surface area contributed by atoms with E-state index >= 15 is 17.6 Å². The number of amidine groups is 2. The van der Waals surface area contributed by atoms with E-state index in [1.165, 1.54) is 13.8 Å². The van der Waals surface area contributed by atoms with Gasteiger partial charge in [-0.3, -0.25) is 0 Å². The topological polar surface area (TPSA) is 38.8 Å². The number of benzene rings is 2. The number of aryl methyl sites for hydroxylation is 6. The van der Waals surface area contributed by atoms with E-state index < -0.39 is 59.1 Å². The number of aliphatic imine (C=N–C) groups is 2. The van der Waals surface area contributed by atoms with Crippen molar-refractivity contribution in [3.05, 3.63) is 63.0 Å². The second kappa shape index (κ2) is 11.3. The predicted molar refractivity (Wildman–Crippen MR) is 131 cm³/mol. The van der Waals surface area contributed by atoms with Crippen molar-refractivity contribution in [3.8, 4) is 0 Å². The second-order valence-corrected chi connectivity index (χ2v) is 9.77. The Morgan fingerprint density at radius 2 is 0.698 bits per heavy atom. The van der Waals surface area contributed by atoms with Gasteiger partial charge in [0.2, 0.25) is 0 Å². The summed E-state index contributed by atoms with van der Waals surface area (Å²) in [5.41, 5.74) is -1.67. The number of rotatable bonds is 6. The molecule has 2 rings (SSSR count). The third-order valence-electron chi connectivity index (χ3n) is 5.98. The molecule has 3 nitrogen and oxygen atoms in total. The maximum absolute atomic E-state index is 15.0. The van der Waals surface area contributed by atoms with E-state index in [0.717, 1.165) is 52.0 Å². The Hall–Kier alpha value is -3.40. The smallest absolute Gasteiger partial charge is 0.359 e. The number of nitrogens with zero attached hydrogens (tertiary/aromatic N) is 3. The number of hydrogen-bond donors (Lipinski definition) is 0. The number of halogens is 14. The minimum atomic E-state index is -7.13. The van der Waals surface area contributed by atoms with Crippen molar-refractivity contribution >= 4 is 23.0 Å². The van der Waals surface area contributed by atoms with E-state index in [1.807, 2.05) is 0 Å². The normalized spacial score (nSPS) is 14.8. The quantitative estimate of drug-likeness (QED) is 0.171. The van der Waals surface area contributed by atoms with E-state index in [2.05, 4.69) is 15.3 Å². The molecule has 0 bridgehead atoms. The van der Waals surface area contributed by atoms with Crippen molar-refractivity contribution in [1.82, 2.24) is 0 Å². The third-order valence-corrected chi connectivity index (χ3v) is 5.98. The zero-order valence-corrected chi connectivity index (χ0v) is 22.9. The van der Waals surface area contributed by atoms with Gasteiger partial charge in [-0.1, -0.05) is 35.4 Å². The molecule has 0 aliphatic carbocycles. The lowest BCUT2D eigenvalue weighted by atomic mass is 10.0. The van der Waals surface area contributed by atoms with Crippen molar-refractivity contribution in [1.29, 1.82) is 0 Å². The fraction of sp³-hybridized carbons (Fsp3) is 0.462. The van der Waals surface area contributed by atoms with Crippen LogP contribution in [0.5, 0.6) is 0 Å². The Bertz CT molecular complexity index is 1280. The minimum absolute atomic E-state index is 0.201. The fourth-order valence-electron chi connectivity index (χ4n) is 3.98. The number of hydrogen-bond acceptors (Lipinski definition) is 2. The first-order valence-corrected chi connectivity index (χ1v) is 11.8. The van der Waals surface area contributed by atoms with Crippen LogP contribution in [0.1, 0.15) is 33.4 Å². The first-order chi connectivity index (χ1) is 19.1. The van der Waals surface area contributed by atoms with Gasteiger partial charge in [0, 0.05) is 0 Å². The molecule has 0 saturated carbocycles. The van der Waals surface area contributed by atoms with Crippen molar-refractivity contribution in [2.75, 3.05) is 0 Å². The molecule has 0 unspecified atom stereocenters. The van der Waals surface area contributed by atoms with Crippen LogP contribution < -0.4 is 0 Å². The molecular formula is C26H22F14N3-. The Labute approximate surface area is 235 Å². The summed E-state index contributed by atoms with van der Waals surface area (Å²) in [5, 5.41) is 2.22. The van der Waals surface area contributed by atoms with Gasteiger partial charge in [-0.25, -0.2) is 0 Å². The lowest BCUT2D eigenvalue weighted by Gasteiger charge is -2.37. The molecule has 0 aromatic heterocycles. The van der Waals surface area contributed by atoms with Crippen LogP contribution in [0.15, 0.2) is 34.3 Å². The first kappa shape index (κ1) is 35.8. The molecule has 0 atom stereocenters. The molecule has 0 radical (unpaired) electrons. The highest BCUT2D eigenvalue weighted by molar-refractivity contribution is 6.23. The summed E-state index contributed by atoms with van der Waals surface area (Å²) in [7, 11) is 0. The lowest BCUT2D eigenvalue weighted by Crippen LogP contribution is -2.59. The van der Waals surface area contributed by atoms with Crippen molar-refractivity contribution in [2.45, 2.75) is 77.6 Å². The van der Waals surface area contributed by atoms with Gasteiger partial charge in [-0.2, -0.15) is 61.5 Å². The molecule has 0 amide bonds. The van der Waals surface area contributed by atoms with E-state index in [9.17, 15) is 43.9 Å². The molecule has 0 saturated heterocycles. The molecule has 2 aromatic carbocycles. The molecule has 0 N–H and O–H groups in total. The summed E-state index contributed by atoms with van der Waals surface area (Å²) in [6, 6.07) is 4.63. The average Bonchev–Trinajstić information content (AvgIpc) is 2.79. The van der Waals surface area contributed by atoms with Gasteiger partial charge in [0.05, 0.1) is 11.7 Å². The van der Waals surface area contributed by atoms with Gasteiger partial charge >= 0.3 is 36.0 Å². The van der Waals surface area contributed by atoms with Crippen LogP contribution in [0.2, 0.25) is 0 Å². The third kappa shape index (κ3) is 6.59. The molecule has 240 valence electrons. The highest BCUT2D eigenvalue weighted by Gasteiger charge is 2.76. The molecule has 17 heteroatoms. The molecule has 0 aliphatic rings. The zero-order chi connectivity index (χ0) is 33.7. The number of alkyl halides is 14. The van der Waals surface area contributed by atoms with Crippen LogP contribution >= 0.6 is 0 Å². The Kier molecular flexibility index (Phi) is 9.38. The monoisotopic (exact) mass is 642 g/mol. The van der Waals surface area contributed by atoms with Gasteiger partial charge in [0.25, 0.3) is 0 Å². The molecular weight excluding hydrogens is 620 g/mol. The standard InChI is InChI=1S/C26H22F14N3/c1-11-7-13(3)17(14(4)8-11)41-19(21(27,28)23(31,32)25(35,36)37)43-20(22(29,30)24(33,34)26(38,39)40)42-18-15(5)9-12(2)10-16(18)6/h7-10H,1-6H3/q-1. The van der Waals surface area contributed by atoms with E-state index in [0.29, 0.717) is 11.1 Å². The largest absolute Gasteiger partial charge is 0.460 e. The van der Waals surface area contributed by atoms with Gasteiger partial charge < -0.3 is 15.3 Å². The van der Waals surface area contributed by atoms with Crippen LogP contribution in [0.3, 0.4) is 0 Å². The van der Waals surface area contributed by atoms with E-state index in [4.69, 9.17) is 0 Å². The summed E-state index contributed by atoms with van der Waals surface area (Å²) in [4.78, 5) is 5.86. The van der Waals surface area contributed by atoms with Gasteiger partial charge in [-0.05, 0) is 75.2 Å². The van der Waals surface area contributed by atoms with Crippen molar-refractivity contribution in [3.63, 3.8) is 0 Å². The summed E-state index contributed by atoms with van der Waals surface area (Å²) in [6.45, 7) is 7.27. The minimum Gasteiger partial charge on any atom is -0.359 e. The van der Waals surface area contributed by atoms with Gasteiger partial charge in [0.15, 0.2) is 0 Å². The predicted octanol–water partition coefficient (Wildman–Crippen LogP) is 10.3. The van der Waals surface area contributed by atoms with Crippen LogP contribution in [0, 0.1) is 41.5 Å². The van der Waals surface area contributed by atoms with Crippen LogP contribution in [-0.4, -0.2) is 47.7 Å². The molecule has 0 heterocycles. The van der Waals surface area contributed by atoms with Crippen molar-refractivity contribution in [2.24, 2.45) is 9.98 Å². The maximum Gasteiger partial charge on any atom is 0.460 e. The Morgan fingerprint density at radius 1 is 0.465 bits per heavy atom. The maximum atomic E-state index is 15.0. The van der Waals surface area contributed by atoms with Crippen molar-refractivity contribution < 1.29 is 61.5 Å². The zero-order valence-electron chi connectivity index (χ0n) is 22.9. The van der Waals surface area contributed by atoms with Crippen LogP contribution in [0.25, 0.3) is 5.32 Å². The Balaban J connectivity index is 3.08. The highest BCUT2D eigenvalue weighted by atomic mass is 19.4. The highest BCUT2D eigenvalue weighted by Crippen LogP contribution is 2.52. The second-order valence-electron chi connectivity index (χ2n) is 9.77. The summed E-state index contributed by atoms with van der Waals surface area (Å²) in [6.07, 6.45) is -14.2. The van der Waals surface area contributed by atoms with E-state index in [1.54, 1.807) is 0 Å². The fourth-order valence-corrected chi connectivity index (χ4v) is 3.98. The molecule has 43 heavy (non-hydrogen) atoms. The Morgan fingerprint density at radius 3 is 0.907 bits per heavy atom. The first-order valence-electron chi connectivity index (χ1n) is 11.8. The van der Waals surface area contributed by atoms with Gasteiger partial charge in [0.1, 0.15) is 0 Å². The lowest BCUT2D eigenvalue weighted by molar-refractivity contribution is -0.337. The van der Waals surface area contributed by atoms with Gasteiger partial charge in [-0.15, -0.1) is 0 Å². The average molecular weight is 642 g/mol. The van der Waals surface area contributed by atoms with E-state index in [-0.39, 0.29) is 22.3 Å². The van der Waals surface area contributed by atoms with Crippen LogP contribution in [0.4, 0.5) is 72.8 Å². The van der Waals surface area contributed by atoms with Crippen LogP contribution in [-0.2, 0) is 0 Å². The molecule has 0 aliphatic heterocycles. The summed E-state index contributed by atoms with van der Waals surface area (Å²) >= 11 is 0.